The minimum atomic E-state index is -0.863. The lowest BCUT2D eigenvalue weighted by Gasteiger charge is -2.07. The molecule has 0 saturated carbocycles. The second-order valence-corrected chi connectivity index (χ2v) is 4.91. The lowest BCUT2D eigenvalue weighted by Crippen LogP contribution is -2.03. The fourth-order valence-corrected chi connectivity index (χ4v) is 2.40. The number of aromatic carboxylic acids is 1. The quantitative estimate of drug-likeness (QED) is 0.929. The highest BCUT2D eigenvalue weighted by molar-refractivity contribution is 9.10. The summed E-state index contributed by atoms with van der Waals surface area (Å²) in [6.07, 6.45) is 1.55. The first kappa shape index (κ1) is 12.8. The van der Waals surface area contributed by atoms with E-state index in [1.54, 1.807) is 12.1 Å². The van der Waals surface area contributed by atoms with Crippen molar-refractivity contribution in [3.63, 3.8) is 0 Å². The van der Waals surface area contributed by atoms with E-state index in [1.165, 1.54) is 5.56 Å². The van der Waals surface area contributed by atoms with Gasteiger partial charge >= 0.3 is 5.97 Å². The van der Waals surface area contributed by atoms with Crippen LogP contribution in [-0.2, 0) is 12.8 Å². The summed E-state index contributed by atoms with van der Waals surface area (Å²) < 4.78 is 1.07. The van der Waals surface area contributed by atoms with E-state index in [2.05, 4.69) is 15.9 Å². The van der Waals surface area contributed by atoms with Crippen molar-refractivity contribution in [2.24, 2.45) is 0 Å². The molecular formula is C15H13BrO2. The fraction of sp³-hybridized carbons (Fsp3) is 0.133. The van der Waals surface area contributed by atoms with Crippen LogP contribution in [0.15, 0.2) is 53.0 Å². The Balaban J connectivity index is 2.16. The molecule has 0 amide bonds. The number of halogens is 1. The maximum atomic E-state index is 11.1. The number of hydrogen-bond acceptors (Lipinski definition) is 1. The molecule has 0 spiro atoms. The van der Waals surface area contributed by atoms with Gasteiger partial charge in [0.05, 0.1) is 5.56 Å². The van der Waals surface area contributed by atoms with Crippen LogP contribution >= 0.6 is 15.9 Å². The summed E-state index contributed by atoms with van der Waals surface area (Å²) in [4.78, 5) is 11.1. The summed E-state index contributed by atoms with van der Waals surface area (Å²) in [7, 11) is 0. The highest BCUT2D eigenvalue weighted by Gasteiger charge is 2.09. The standard InChI is InChI=1S/C15H13BrO2/c16-14-8-4-2-6-12(14)10-9-11-5-1-3-7-13(11)15(17)18/h1-8H,9-10H2,(H,17,18). The normalized spacial score (nSPS) is 10.3. The summed E-state index contributed by atoms with van der Waals surface area (Å²) in [6, 6.07) is 15.2. The van der Waals surface area contributed by atoms with Crippen LogP contribution in [0.3, 0.4) is 0 Å². The monoisotopic (exact) mass is 304 g/mol. The first-order valence-electron chi connectivity index (χ1n) is 5.73. The maximum absolute atomic E-state index is 11.1. The SMILES string of the molecule is O=C(O)c1ccccc1CCc1ccccc1Br. The molecule has 0 aromatic heterocycles. The molecule has 2 aromatic carbocycles. The summed E-state index contributed by atoms with van der Waals surface area (Å²) in [6.45, 7) is 0. The van der Waals surface area contributed by atoms with Gasteiger partial charge in [-0.3, -0.25) is 0 Å². The van der Waals surface area contributed by atoms with Crippen molar-refractivity contribution in [1.82, 2.24) is 0 Å². The van der Waals surface area contributed by atoms with Gasteiger partial charge in [0.15, 0.2) is 0 Å². The predicted octanol–water partition coefficient (Wildman–Crippen LogP) is 3.93. The second kappa shape index (κ2) is 5.83. The second-order valence-electron chi connectivity index (χ2n) is 4.05. The summed E-state index contributed by atoms with van der Waals surface area (Å²) >= 11 is 3.50. The Bertz CT molecular complexity index is 564. The molecule has 0 aliphatic carbocycles. The predicted molar refractivity (Wildman–Crippen MR) is 75.0 cm³/mol. The van der Waals surface area contributed by atoms with Crippen molar-refractivity contribution in [3.8, 4) is 0 Å². The Labute approximate surface area is 114 Å². The Kier molecular flexibility index (Phi) is 4.15. The van der Waals surface area contributed by atoms with Crippen LogP contribution in [0.4, 0.5) is 0 Å². The molecule has 2 aromatic rings. The van der Waals surface area contributed by atoms with Gasteiger partial charge < -0.3 is 5.11 Å². The Morgan fingerprint density at radius 3 is 2.17 bits per heavy atom. The van der Waals surface area contributed by atoms with Crippen molar-refractivity contribution in [3.05, 3.63) is 69.7 Å². The van der Waals surface area contributed by atoms with Crippen molar-refractivity contribution >= 4 is 21.9 Å². The molecule has 0 fully saturated rings. The number of carboxylic acid groups (broad SMARTS) is 1. The number of hydrogen-bond donors (Lipinski definition) is 1. The molecule has 1 N–H and O–H groups in total. The Morgan fingerprint density at radius 1 is 0.944 bits per heavy atom. The molecule has 0 unspecified atom stereocenters. The summed E-state index contributed by atoms with van der Waals surface area (Å²) in [5.41, 5.74) is 2.46. The van der Waals surface area contributed by atoms with Gasteiger partial charge in [-0.05, 0) is 36.1 Å². The van der Waals surface area contributed by atoms with Crippen LogP contribution in [0.25, 0.3) is 0 Å². The van der Waals surface area contributed by atoms with Gasteiger partial charge in [-0.15, -0.1) is 0 Å². The highest BCUT2D eigenvalue weighted by atomic mass is 79.9. The Morgan fingerprint density at radius 2 is 1.50 bits per heavy atom. The first-order valence-corrected chi connectivity index (χ1v) is 6.52. The number of carboxylic acids is 1. The third-order valence-corrected chi connectivity index (χ3v) is 3.64. The summed E-state index contributed by atoms with van der Waals surface area (Å²) in [5.74, 6) is -0.863. The zero-order valence-electron chi connectivity index (χ0n) is 9.77. The molecule has 0 heterocycles. The fourth-order valence-electron chi connectivity index (χ4n) is 1.92. The third kappa shape index (κ3) is 2.99. The molecule has 0 atom stereocenters. The largest absolute Gasteiger partial charge is 0.478 e. The third-order valence-electron chi connectivity index (χ3n) is 2.87. The van der Waals surface area contributed by atoms with Crippen molar-refractivity contribution in [2.75, 3.05) is 0 Å². The Hall–Kier alpha value is -1.61. The van der Waals surface area contributed by atoms with E-state index in [0.717, 1.165) is 22.9 Å². The minimum absolute atomic E-state index is 0.393. The molecule has 0 radical (unpaired) electrons. The van der Waals surface area contributed by atoms with E-state index in [4.69, 9.17) is 5.11 Å². The van der Waals surface area contributed by atoms with E-state index >= 15 is 0 Å². The van der Waals surface area contributed by atoms with Gasteiger partial charge in [0.1, 0.15) is 0 Å². The maximum Gasteiger partial charge on any atom is 0.335 e. The molecule has 0 saturated heterocycles. The van der Waals surface area contributed by atoms with Gasteiger partial charge in [0, 0.05) is 4.47 Å². The van der Waals surface area contributed by atoms with Crippen molar-refractivity contribution < 1.29 is 9.90 Å². The highest BCUT2D eigenvalue weighted by Crippen LogP contribution is 2.19. The lowest BCUT2D eigenvalue weighted by atomic mass is 10.00. The van der Waals surface area contributed by atoms with E-state index in [0.29, 0.717) is 5.56 Å². The van der Waals surface area contributed by atoms with Gasteiger partial charge in [-0.2, -0.15) is 0 Å². The van der Waals surface area contributed by atoms with Gasteiger partial charge in [-0.25, -0.2) is 4.79 Å². The zero-order valence-corrected chi connectivity index (χ0v) is 11.4. The molecule has 2 nitrogen and oxygen atoms in total. The van der Waals surface area contributed by atoms with Crippen molar-refractivity contribution in [1.29, 1.82) is 0 Å². The number of rotatable bonds is 4. The van der Waals surface area contributed by atoms with Gasteiger partial charge in [-0.1, -0.05) is 52.3 Å². The van der Waals surface area contributed by atoms with Crippen LogP contribution in [-0.4, -0.2) is 11.1 Å². The average molecular weight is 305 g/mol. The van der Waals surface area contributed by atoms with Crippen LogP contribution in [0.5, 0.6) is 0 Å². The average Bonchev–Trinajstić information content (AvgIpc) is 2.38. The molecule has 0 aliphatic rings. The molecule has 92 valence electrons. The lowest BCUT2D eigenvalue weighted by molar-refractivity contribution is 0.0695. The molecular weight excluding hydrogens is 292 g/mol. The van der Waals surface area contributed by atoms with Crippen molar-refractivity contribution in [2.45, 2.75) is 12.8 Å². The van der Waals surface area contributed by atoms with Gasteiger partial charge in [0.25, 0.3) is 0 Å². The molecule has 3 heteroatoms. The van der Waals surface area contributed by atoms with E-state index in [9.17, 15) is 4.79 Å². The smallest absolute Gasteiger partial charge is 0.335 e. The van der Waals surface area contributed by atoms with Gasteiger partial charge in [0.2, 0.25) is 0 Å². The topological polar surface area (TPSA) is 37.3 Å². The minimum Gasteiger partial charge on any atom is -0.478 e. The van der Waals surface area contributed by atoms with E-state index in [-0.39, 0.29) is 0 Å². The number of aryl methyl sites for hydroxylation is 2. The summed E-state index contributed by atoms with van der Waals surface area (Å²) in [5, 5.41) is 9.11. The van der Waals surface area contributed by atoms with E-state index in [1.807, 2.05) is 36.4 Å². The first-order chi connectivity index (χ1) is 8.68. The van der Waals surface area contributed by atoms with Crippen LogP contribution in [0.1, 0.15) is 21.5 Å². The van der Waals surface area contributed by atoms with E-state index < -0.39 is 5.97 Å². The number of carbonyl (C=O) groups is 1. The molecule has 0 aliphatic heterocycles. The van der Waals surface area contributed by atoms with Crippen LogP contribution in [0, 0.1) is 0 Å². The van der Waals surface area contributed by atoms with Crippen LogP contribution in [0.2, 0.25) is 0 Å². The molecule has 0 bridgehead atoms. The zero-order chi connectivity index (χ0) is 13.0. The molecule has 2 rings (SSSR count). The van der Waals surface area contributed by atoms with Crippen LogP contribution < -0.4 is 0 Å². The molecule has 18 heavy (non-hydrogen) atoms. The number of benzene rings is 2.